The maximum atomic E-state index is 13.4. The average Bonchev–Trinajstić information content (AvgIpc) is 2.78. The number of hydrogen-bond donors (Lipinski definition) is 0. The molecule has 0 bridgehead atoms. The van der Waals surface area contributed by atoms with Crippen molar-refractivity contribution in [1.82, 2.24) is 9.80 Å². The molecule has 0 unspecified atom stereocenters. The number of hydrogen-bond acceptors (Lipinski definition) is 4. The highest BCUT2D eigenvalue weighted by Gasteiger charge is 2.27. The molecule has 8 heteroatoms. The van der Waals surface area contributed by atoms with Crippen LogP contribution in [0.15, 0.2) is 42.5 Å². The Labute approximate surface area is 174 Å². The maximum absolute atomic E-state index is 13.4. The molecule has 6 nitrogen and oxygen atoms in total. The van der Waals surface area contributed by atoms with Crippen molar-refractivity contribution < 1.29 is 27.8 Å². The smallest absolute Gasteiger partial charge is 0.257 e. The summed E-state index contributed by atoms with van der Waals surface area (Å²) in [6.45, 7) is 4.54. The molecule has 0 aromatic heterocycles. The maximum Gasteiger partial charge on any atom is 0.257 e. The summed E-state index contributed by atoms with van der Waals surface area (Å²) in [5, 5.41) is 0. The number of halogens is 2. The summed E-state index contributed by atoms with van der Waals surface area (Å²) in [4.78, 5) is 28.7. The van der Waals surface area contributed by atoms with Crippen molar-refractivity contribution >= 4 is 11.8 Å². The van der Waals surface area contributed by atoms with Gasteiger partial charge in [-0.2, -0.15) is 0 Å². The minimum atomic E-state index is -1.06. The third kappa shape index (κ3) is 5.13. The molecule has 160 valence electrons. The van der Waals surface area contributed by atoms with Crippen molar-refractivity contribution in [2.45, 2.75) is 6.92 Å². The summed E-state index contributed by atoms with van der Waals surface area (Å²) in [6, 6.07) is 10.1. The molecule has 3 rings (SSSR count). The second kappa shape index (κ2) is 10.2. The summed E-state index contributed by atoms with van der Waals surface area (Å²) in [5.74, 6) is -2.13. The van der Waals surface area contributed by atoms with Crippen molar-refractivity contribution in [2.24, 2.45) is 0 Å². The quantitative estimate of drug-likeness (QED) is 0.649. The second-order valence-corrected chi connectivity index (χ2v) is 6.75. The Morgan fingerprint density at radius 1 is 0.900 bits per heavy atom. The molecule has 1 aliphatic heterocycles. The van der Waals surface area contributed by atoms with Gasteiger partial charge in [-0.05, 0) is 37.3 Å². The molecule has 2 aromatic carbocycles. The van der Waals surface area contributed by atoms with Gasteiger partial charge in [0.05, 0.1) is 12.2 Å². The van der Waals surface area contributed by atoms with Crippen molar-refractivity contribution in [3.63, 3.8) is 0 Å². The van der Waals surface area contributed by atoms with Crippen LogP contribution < -0.4 is 4.74 Å². The standard InChI is InChI=1S/C22H24F2N2O4/c1-2-29-13-14-30-20-6-4-3-5-17(20)22(28)26-11-9-25(10-12-26)21(27)16-7-8-18(23)19(24)15-16/h3-8,15H,2,9-14H2,1H3. The lowest BCUT2D eigenvalue weighted by molar-refractivity contribution is 0.0531. The van der Waals surface area contributed by atoms with Crippen LogP contribution in [0.2, 0.25) is 0 Å². The highest BCUT2D eigenvalue weighted by molar-refractivity contribution is 5.97. The van der Waals surface area contributed by atoms with Crippen molar-refractivity contribution in [2.75, 3.05) is 46.0 Å². The molecular weight excluding hydrogens is 394 g/mol. The van der Waals surface area contributed by atoms with Gasteiger partial charge in [-0.15, -0.1) is 0 Å². The largest absolute Gasteiger partial charge is 0.490 e. The van der Waals surface area contributed by atoms with E-state index in [0.29, 0.717) is 57.3 Å². The van der Waals surface area contributed by atoms with Crippen molar-refractivity contribution in [3.05, 3.63) is 65.2 Å². The molecule has 0 N–H and O–H groups in total. The van der Waals surface area contributed by atoms with E-state index in [1.54, 1.807) is 29.2 Å². The molecule has 2 aromatic rings. The van der Waals surface area contributed by atoms with Crippen LogP contribution in [0.1, 0.15) is 27.6 Å². The molecule has 0 radical (unpaired) electrons. The number of carbonyl (C=O) groups excluding carboxylic acids is 2. The first-order chi connectivity index (χ1) is 14.5. The Balaban J connectivity index is 1.60. The molecular formula is C22H24F2N2O4. The minimum Gasteiger partial charge on any atom is -0.490 e. The van der Waals surface area contributed by atoms with Gasteiger partial charge < -0.3 is 19.3 Å². The number of ether oxygens (including phenoxy) is 2. The number of nitrogens with zero attached hydrogens (tertiary/aromatic N) is 2. The number of rotatable bonds is 7. The highest BCUT2D eigenvalue weighted by atomic mass is 19.2. The van der Waals surface area contributed by atoms with Crippen molar-refractivity contribution in [3.8, 4) is 5.75 Å². The zero-order chi connectivity index (χ0) is 21.5. The van der Waals surface area contributed by atoms with Gasteiger partial charge in [0, 0.05) is 38.3 Å². The number of para-hydroxylation sites is 1. The van der Waals surface area contributed by atoms with Gasteiger partial charge in [0.15, 0.2) is 11.6 Å². The van der Waals surface area contributed by atoms with Crippen LogP contribution in [-0.2, 0) is 4.74 Å². The van der Waals surface area contributed by atoms with Crippen molar-refractivity contribution in [1.29, 1.82) is 0 Å². The summed E-state index contributed by atoms with van der Waals surface area (Å²) in [7, 11) is 0. The molecule has 0 saturated carbocycles. The number of carbonyl (C=O) groups is 2. The fourth-order valence-corrected chi connectivity index (χ4v) is 3.22. The lowest BCUT2D eigenvalue weighted by Gasteiger charge is -2.35. The SMILES string of the molecule is CCOCCOc1ccccc1C(=O)N1CCN(C(=O)c2ccc(F)c(F)c2)CC1. The van der Waals surface area contributed by atoms with Gasteiger partial charge in [-0.1, -0.05) is 12.1 Å². The van der Waals surface area contributed by atoms with Crippen LogP contribution in [0, 0.1) is 11.6 Å². The van der Waals surface area contributed by atoms with Gasteiger partial charge in [0.1, 0.15) is 12.4 Å². The number of piperazine rings is 1. The monoisotopic (exact) mass is 418 g/mol. The zero-order valence-electron chi connectivity index (χ0n) is 16.8. The molecule has 0 aliphatic carbocycles. The fraction of sp³-hybridized carbons (Fsp3) is 0.364. The van der Waals surface area contributed by atoms with Gasteiger partial charge in [0.25, 0.3) is 11.8 Å². The Kier molecular flexibility index (Phi) is 7.35. The van der Waals surface area contributed by atoms with Gasteiger partial charge in [0.2, 0.25) is 0 Å². The van der Waals surface area contributed by atoms with E-state index < -0.39 is 11.6 Å². The van der Waals surface area contributed by atoms with E-state index in [-0.39, 0.29) is 17.4 Å². The van der Waals surface area contributed by atoms with Crippen LogP contribution >= 0.6 is 0 Å². The molecule has 0 spiro atoms. The van der Waals surface area contributed by atoms with Crippen LogP contribution in [0.3, 0.4) is 0 Å². The number of amides is 2. The number of benzene rings is 2. The topological polar surface area (TPSA) is 59.1 Å². The zero-order valence-corrected chi connectivity index (χ0v) is 16.8. The first-order valence-electron chi connectivity index (χ1n) is 9.84. The van der Waals surface area contributed by atoms with Crippen LogP contribution in [0.25, 0.3) is 0 Å². The van der Waals surface area contributed by atoms with Crippen LogP contribution in [0.4, 0.5) is 8.78 Å². The first-order valence-corrected chi connectivity index (χ1v) is 9.84. The molecule has 1 aliphatic rings. The first kappa shape index (κ1) is 21.7. The Bertz CT molecular complexity index is 898. The van der Waals surface area contributed by atoms with E-state index >= 15 is 0 Å². The third-order valence-electron chi connectivity index (χ3n) is 4.83. The normalized spacial score (nSPS) is 14.0. The molecule has 30 heavy (non-hydrogen) atoms. The van der Waals surface area contributed by atoms with E-state index in [4.69, 9.17) is 9.47 Å². The fourth-order valence-electron chi connectivity index (χ4n) is 3.22. The molecule has 1 fully saturated rings. The summed E-state index contributed by atoms with van der Waals surface area (Å²) >= 11 is 0. The predicted octanol–water partition coefficient (Wildman–Crippen LogP) is 2.98. The second-order valence-electron chi connectivity index (χ2n) is 6.75. The summed E-state index contributed by atoms with van der Waals surface area (Å²) in [6.07, 6.45) is 0. The predicted molar refractivity (Wildman–Crippen MR) is 107 cm³/mol. The average molecular weight is 418 g/mol. The van der Waals surface area contributed by atoms with Gasteiger partial charge >= 0.3 is 0 Å². The summed E-state index contributed by atoms with van der Waals surface area (Å²) < 4.78 is 37.4. The lowest BCUT2D eigenvalue weighted by Crippen LogP contribution is -2.50. The van der Waals surface area contributed by atoms with E-state index in [0.717, 1.165) is 12.1 Å². The van der Waals surface area contributed by atoms with Gasteiger partial charge in [-0.25, -0.2) is 8.78 Å². The third-order valence-corrected chi connectivity index (χ3v) is 4.83. The molecule has 0 atom stereocenters. The molecule has 2 amide bonds. The van der Waals surface area contributed by atoms with E-state index in [1.165, 1.54) is 11.0 Å². The molecule has 1 saturated heterocycles. The lowest BCUT2D eigenvalue weighted by atomic mass is 10.1. The summed E-state index contributed by atoms with van der Waals surface area (Å²) in [5.41, 5.74) is 0.538. The molecule has 1 heterocycles. The van der Waals surface area contributed by atoms with E-state index in [9.17, 15) is 18.4 Å². The van der Waals surface area contributed by atoms with E-state index in [1.807, 2.05) is 6.92 Å². The minimum absolute atomic E-state index is 0.0849. The Morgan fingerprint density at radius 2 is 1.57 bits per heavy atom. The Hall–Kier alpha value is -3.00. The highest BCUT2D eigenvalue weighted by Crippen LogP contribution is 2.21. The van der Waals surface area contributed by atoms with Crippen LogP contribution in [0.5, 0.6) is 5.75 Å². The van der Waals surface area contributed by atoms with E-state index in [2.05, 4.69) is 0 Å². The Morgan fingerprint density at radius 3 is 2.23 bits per heavy atom. The van der Waals surface area contributed by atoms with Crippen LogP contribution in [-0.4, -0.2) is 67.6 Å². The van der Waals surface area contributed by atoms with Gasteiger partial charge in [-0.3, -0.25) is 9.59 Å².